The molecule has 3 aromatic rings. The SMILES string of the molecule is CC(C)C(NC(=O)CSc1nnc(-c2ccco2)n1CCC(N)=O)c1ccc2c(c1)OCCO2. The zero-order chi connectivity index (χ0) is 24.1. The van der Waals surface area contributed by atoms with Crippen LogP contribution < -0.4 is 20.5 Å². The Bertz CT molecular complexity index is 1140. The van der Waals surface area contributed by atoms with E-state index in [-0.39, 0.29) is 36.6 Å². The number of carbonyl (C=O) groups is 2. The Morgan fingerprint density at radius 2 is 1.97 bits per heavy atom. The topological polar surface area (TPSA) is 135 Å². The predicted molar refractivity (Wildman–Crippen MR) is 125 cm³/mol. The van der Waals surface area contributed by atoms with Gasteiger partial charge in [0.05, 0.1) is 18.1 Å². The van der Waals surface area contributed by atoms with Crippen molar-refractivity contribution >= 4 is 23.6 Å². The first-order chi connectivity index (χ1) is 16.4. The van der Waals surface area contributed by atoms with Crippen molar-refractivity contribution in [2.75, 3.05) is 19.0 Å². The van der Waals surface area contributed by atoms with Crippen LogP contribution in [0.2, 0.25) is 0 Å². The lowest BCUT2D eigenvalue weighted by Gasteiger charge is -2.25. The van der Waals surface area contributed by atoms with E-state index in [2.05, 4.69) is 15.5 Å². The van der Waals surface area contributed by atoms with Crippen LogP contribution >= 0.6 is 11.8 Å². The summed E-state index contributed by atoms with van der Waals surface area (Å²) in [5.41, 5.74) is 6.27. The zero-order valence-corrected chi connectivity index (χ0v) is 19.8. The second kappa shape index (κ2) is 10.6. The number of ether oxygens (including phenoxy) is 2. The van der Waals surface area contributed by atoms with Gasteiger partial charge in [0.25, 0.3) is 0 Å². The van der Waals surface area contributed by atoms with E-state index >= 15 is 0 Å². The molecule has 2 amide bonds. The Balaban J connectivity index is 1.45. The van der Waals surface area contributed by atoms with Gasteiger partial charge in [0.1, 0.15) is 13.2 Å². The molecule has 0 saturated heterocycles. The van der Waals surface area contributed by atoms with Crippen molar-refractivity contribution in [2.45, 2.75) is 38.0 Å². The summed E-state index contributed by atoms with van der Waals surface area (Å²) in [6.45, 7) is 5.41. The van der Waals surface area contributed by atoms with Gasteiger partial charge in [-0.15, -0.1) is 10.2 Å². The number of nitrogens with one attached hydrogen (secondary N) is 1. The number of furan rings is 1. The first-order valence-electron chi connectivity index (χ1n) is 11.0. The van der Waals surface area contributed by atoms with Crippen LogP contribution in [0.3, 0.4) is 0 Å². The summed E-state index contributed by atoms with van der Waals surface area (Å²) in [5.74, 6) is 2.09. The molecule has 0 spiro atoms. The van der Waals surface area contributed by atoms with Gasteiger partial charge in [-0.1, -0.05) is 31.7 Å². The van der Waals surface area contributed by atoms with Crippen molar-refractivity contribution in [3.63, 3.8) is 0 Å². The lowest BCUT2D eigenvalue weighted by molar-refractivity contribution is -0.120. The van der Waals surface area contributed by atoms with Crippen LogP contribution in [0.5, 0.6) is 11.5 Å². The number of primary amides is 1. The fourth-order valence-electron chi connectivity index (χ4n) is 3.64. The molecule has 11 heteroatoms. The summed E-state index contributed by atoms with van der Waals surface area (Å²) in [6.07, 6.45) is 1.65. The van der Waals surface area contributed by atoms with Gasteiger partial charge in [-0.2, -0.15) is 0 Å². The number of rotatable bonds is 10. The van der Waals surface area contributed by atoms with Gasteiger partial charge in [-0.05, 0) is 35.7 Å². The maximum absolute atomic E-state index is 12.9. The summed E-state index contributed by atoms with van der Waals surface area (Å²) >= 11 is 1.24. The molecule has 1 aromatic carbocycles. The Morgan fingerprint density at radius 1 is 1.18 bits per heavy atom. The number of aromatic nitrogens is 3. The molecule has 0 radical (unpaired) electrons. The fourth-order valence-corrected chi connectivity index (χ4v) is 4.42. The molecule has 1 unspecified atom stereocenters. The minimum absolute atomic E-state index is 0.116. The molecule has 0 aliphatic carbocycles. The molecule has 3 N–H and O–H groups in total. The van der Waals surface area contributed by atoms with Crippen molar-refractivity contribution in [2.24, 2.45) is 11.7 Å². The third-order valence-corrected chi connectivity index (χ3v) is 6.25. The van der Waals surface area contributed by atoms with E-state index in [1.165, 1.54) is 18.0 Å². The third-order valence-electron chi connectivity index (χ3n) is 5.28. The van der Waals surface area contributed by atoms with Crippen LogP contribution in [-0.4, -0.2) is 45.5 Å². The normalized spacial score (nSPS) is 13.6. The minimum atomic E-state index is -0.438. The van der Waals surface area contributed by atoms with Gasteiger partial charge in [0.2, 0.25) is 11.8 Å². The minimum Gasteiger partial charge on any atom is -0.486 e. The standard InChI is InChI=1S/C23H27N5O5S/c1-14(2)21(15-5-6-16-18(12-15)33-11-10-32-16)25-20(30)13-34-23-27-26-22(17-4-3-9-31-17)28(23)8-7-19(24)29/h3-6,9,12,14,21H,7-8,10-11,13H2,1-2H3,(H2,24,29)(H,25,30). The maximum atomic E-state index is 12.9. The van der Waals surface area contributed by atoms with E-state index in [1.54, 1.807) is 16.7 Å². The molecule has 34 heavy (non-hydrogen) atoms. The molecule has 4 rings (SSSR count). The average molecular weight is 486 g/mol. The number of benzene rings is 1. The quantitative estimate of drug-likeness (QED) is 0.419. The van der Waals surface area contributed by atoms with Crippen molar-refractivity contribution < 1.29 is 23.5 Å². The van der Waals surface area contributed by atoms with Crippen LogP contribution in [0.15, 0.2) is 46.2 Å². The molecule has 1 aliphatic heterocycles. The maximum Gasteiger partial charge on any atom is 0.230 e. The summed E-state index contributed by atoms with van der Waals surface area (Å²) in [4.78, 5) is 24.2. The van der Waals surface area contributed by atoms with E-state index in [0.29, 0.717) is 41.5 Å². The molecule has 0 saturated carbocycles. The number of nitrogens with zero attached hydrogens (tertiary/aromatic N) is 3. The van der Waals surface area contributed by atoms with Crippen molar-refractivity contribution in [3.8, 4) is 23.1 Å². The molecular weight excluding hydrogens is 458 g/mol. The van der Waals surface area contributed by atoms with E-state index in [0.717, 1.165) is 5.56 Å². The van der Waals surface area contributed by atoms with Crippen LogP contribution in [0.4, 0.5) is 0 Å². The van der Waals surface area contributed by atoms with Crippen LogP contribution in [0.25, 0.3) is 11.6 Å². The highest BCUT2D eigenvalue weighted by Crippen LogP contribution is 2.34. The van der Waals surface area contributed by atoms with Crippen molar-refractivity contribution in [1.82, 2.24) is 20.1 Å². The highest BCUT2D eigenvalue weighted by Gasteiger charge is 2.23. The first kappa shape index (κ1) is 23.7. The highest BCUT2D eigenvalue weighted by molar-refractivity contribution is 7.99. The van der Waals surface area contributed by atoms with E-state index < -0.39 is 5.91 Å². The molecule has 10 nitrogen and oxygen atoms in total. The van der Waals surface area contributed by atoms with E-state index in [4.69, 9.17) is 19.6 Å². The molecule has 180 valence electrons. The molecule has 0 fully saturated rings. The predicted octanol–water partition coefficient (Wildman–Crippen LogP) is 2.79. The second-order valence-corrected chi connectivity index (χ2v) is 9.07. The fraction of sp³-hybridized carbons (Fsp3) is 0.391. The number of carbonyl (C=O) groups excluding carboxylic acids is 2. The highest BCUT2D eigenvalue weighted by atomic mass is 32.2. The number of fused-ring (bicyclic) bond motifs is 1. The number of amides is 2. The number of thioether (sulfide) groups is 1. The van der Waals surface area contributed by atoms with Gasteiger partial charge in [-0.3, -0.25) is 14.2 Å². The van der Waals surface area contributed by atoms with Crippen LogP contribution in [-0.2, 0) is 16.1 Å². The number of nitrogens with two attached hydrogens (primary N) is 1. The Kier molecular flexibility index (Phi) is 7.41. The van der Waals surface area contributed by atoms with Gasteiger partial charge in [0.15, 0.2) is 28.2 Å². The van der Waals surface area contributed by atoms with Gasteiger partial charge >= 0.3 is 0 Å². The summed E-state index contributed by atoms with van der Waals surface area (Å²) in [6, 6.07) is 9.04. The largest absolute Gasteiger partial charge is 0.486 e. The third kappa shape index (κ3) is 5.53. The van der Waals surface area contributed by atoms with Crippen molar-refractivity contribution in [3.05, 3.63) is 42.2 Å². The lowest BCUT2D eigenvalue weighted by atomic mass is 9.95. The molecule has 3 heterocycles. The first-order valence-corrected chi connectivity index (χ1v) is 12.0. The molecular formula is C23H27N5O5S. The van der Waals surface area contributed by atoms with Crippen molar-refractivity contribution in [1.29, 1.82) is 0 Å². The summed E-state index contributed by atoms with van der Waals surface area (Å²) in [7, 11) is 0. The molecule has 1 aliphatic rings. The molecule has 0 bridgehead atoms. The van der Waals surface area contributed by atoms with Gasteiger partial charge < -0.3 is 24.9 Å². The Morgan fingerprint density at radius 3 is 2.68 bits per heavy atom. The smallest absolute Gasteiger partial charge is 0.230 e. The van der Waals surface area contributed by atoms with Gasteiger partial charge in [-0.25, -0.2) is 0 Å². The monoisotopic (exact) mass is 485 g/mol. The van der Waals surface area contributed by atoms with Crippen LogP contribution in [0, 0.1) is 5.92 Å². The summed E-state index contributed by atoms with van der Waals surface area (Å²) < 4.78 is 18.4. The van der Waals surface area contributed by atoms with E-state index in [1.807, 2.05) is 32.0 Å². The average Bonchev–Trinajstić information content (AvgIpc) is 3.49. The number of hydrogen-bond donors (Lipinski definition) is 2. The zero-order valence-electron chi connectivity index (χ0n) is 19.0. The number of hydrogen-bond acceptors (Lipinski definition) is 8. The Hall–Kier alpha value is -3.47. The molecule has 2 aromatic heterocycles. The van der Waals surface area contributed by atoms with Crippen LogP contribution in [0.1, 0.15) is 31.9 Å². The van der Waals surface area contributed by atoms with Gasteiger partial charge in [0, 0.05) is 13.0 Å². The molecule has 1 atom stereocenters. The summed E-state index contributed by atoms with van der Waals surface area (Å²) in [5, 5.41) is 12.0. The Labute approximate surface area is 201 Å². The lowest BCUT2D eigenvalue weighted by Crippen LogP contribution is -2.33. The van der Waals surface area contributed by atoms with E-state index in [9.17, 15) is 9.59 Å². The second-order valence-electron chi connectivity index (χ2n) is 8.13.